The van der Waals surface area contributed by atoms with Crippen molar-refractivity contribution in [1.82, 2.24) is 0 Å². The first-order valence-corrected chi connectivity index (χ1v) is 24.5. The third-order valence-corrected chi connectivity index (χ3v) is 19.3. The van der Waals surface area contributed by atoms with Gasteiger partial charge >= 0.3 is 5.97 Å². The topological polar surface area (TPSA) is 335 Å². The fourth-order valence-corrected chi connectivity index (χ4v) is 15.1. The summed E-state index contributed by atoms with van der Waals surface area (Å²) < 4.78 is 34.6. The molecule has 13 N–H and O–H groups in total. The number of allylic oxidation sites excluding steroid dienone is 2. The number of esters is 1. The molecule has 26 atom stereocenters. The van der Waals surface area contributed by atoms with E-state index in [0.29, 0.717) is 44.9 Å². The van der Waals surface area contributed by atoms with Crippen LogP contribution in [0.2, 0.25) is 0 Å². The Balaban J connectivity index is 0.991. The first-order valence-electron chi connectivity index (χ1n) is 24.5. The highest BCUT2D eigenvalue weighted by atomic mass is 16.8. The summed E-state index contributed by atoms with van der Waals surface area (Å²) in [6.07, 6.45) is -21.7. The predicted octanol–water partition coefficient (Wildman–Crippen LogP) is -1.92. The molecule has 0 aromatic heterocycles. The molecular formula is C48H78O20. The molecule has 390 valence electrons. The summed E-state index contributed by atoms with van der Waals surface area (Å²) >= 11 is 0. The van der Waals surface area contributed by atoms with Gasteiger partial charge in [0.15, 0.2) is 12.6 Å². The molecule has 68 heavy (non-hydrogen) atoms. The van der Waals surface area contributed by atoms with E-state index in [1.165, 1.54) is 6.92 Å². The highest BCUT2D eigenvalue weighted by Gasteiger charge is 2.73. The Morgan fingerprint density at radius 2 is 1.29 bits per heavy atom. The van der Waals surface area contributed by atoms with Crippen LogP contribution >= 0.6 is 0 Å². The summed E-state index contributed by atoms with van der Waals surface area (Å²) in [5.74, 6) is -1.51. The number of ether oxygens (including phenoxy) is 6. The van der Waals surface area contributed by atoms with Crippen molar-refractivity contribution in [3.63, 3.8) is 0 Å². The molecule has 8 rings (SSSR count). The fourth-order valence-electron chi connectivity index (χ4n) is 15.1. The van der Waals surface area contributed by atoms with E-state index in [-0.39, 0.29) is 23.7 Å². The molecule has 4 saturated carbocycles. The van der Waals surface area contributed by atoms with Crippen LogP contribution in [0.25, 0.3) is 0 Å². The van der Waals surface area contributed by atoms with Crippen molar-refractivity contribution in [2.75, 3.05) is 19.8 Å². The van der Waals surface area contributed by atoms with Crippen LogP contribution in [0, 0.1) is 50.2 Å². The summed E-state index contributed by atoms with van der Waals surface area (Å²) in [6, 6.07) is 0. The first-order chi connectivity index (χ1) is 31.7. The molecular weight excluding hydrogens is 897 g/mol. The SMILES string of the molecule is C[C@H]1O[C@@H](O[C@H]2[C@H](O)[C@@H](O)[C@H](OC[C@@H]3O[C@H](OC(=O)[C@]45CCC(C)(C)C[C@H]4C4=CC[C@@H]6[C@@]7(C)C[C@@H](O)[C@H](O)[C@@](C)(CO)[C@@H]7[C@H](O)C[C@@]6(C)[C@]4(C)CC5)[C@H](O)[C@@H](O)[C@@H]3O)O[C@@H]2CO)[C@H](O)[C@H](O)[C@H]1O. The second kappa shape index (κ2) is 18.5. The standard InChI is InChI=1S/C48H78O20/c1-20-28(53)30(55)33(58)40(64-20)67-36-25(17-49)65-39(35(60)32(36)57)63-18-26-29(54)31(56)34(59)41(66-26)68-42(62)48-12-10-43(2,3)14-22(48)21-8-9-27-44(4)15-24(52)38(61)45(5,19-50)37(44)23(51)16-47(27,7)46(21,6)11-13-48/h8,20,22-41,49-61H,9-19H2,1-7H3/t20-,22+,23-,24-,25-,26+,27-,28+,29-,30-,31+,32-,33-,34-,35-,36-,37-,38+,39-,40+,41-,44-,45+,46-,47-,48+/m1/s1. The summed E-state index contributed by atoms with van der Waals surface area (Å²) in [5, 5.41) is 142. The molecule has 0 aromatic carbocycles. The summed E-state index contributed by atoms with van der Waals surface area (Å²) in [5.41, 5.74) is -3.01. The van der Waals surface area contributed by atoms with Crippen LogP contribution in [0.4, 0.5) is 0 Å². The Hall–Kier alpha value is -1.51. The number of aliphatic hydroxyl groups is 13. The number of aliphatic hydroxyl groups excluding tert-OH is 13. The van der Waals surface area contributed by atoms with Crippen LogP contribution in [0.1, 0.15) is 99.8 Å². The lowest BCUT2D eigenvalue weighted by molar-refractivity contribution is -0.361. The van der Waals surface area contributed by atoms with Gasteiger partial charge in [0, 0.05) is 11.3 Å². The minimum absolute atomic E-state index is 0.0494. The molecule has 0 bridgehead atoms. The van der Waals surface area contributed by atoms with E-state index in [2.05, 4.69) is 40.7 Å². The Morgan fingerprint density at radius 1 is 0.676 bits per heavy atom. The van der Waals surface area contributed by atoms with Gasteiger partial charge in [-0.3, -0.25) is 4.79 Å². The van der Waals surface area contributed by atoms with E-state index in [1.54, 1.807) is 6.92 Å². The molecule has 0 amide bonds. The van der Waals surface area contributed by atoms with Crippen LogP contribution in [-0.2, 0) is 33.2 Å². The minimum atomic E-state index is -1.89. The van der Waals surface area contributed by atoms with Crippen molar-refractivity contribution in [2.24, 2.45) is 50.2 Å². The Kier molecular flexibility index (Phi) is 14.3. The molecule has 20 heteroatoms. The Bertz CT molecular complexity index is 1870. The van der Waals surface area contributed by atoms with Gasteiger partial charge in [-0.25, -0.2) is 0 Å². The number of hydrogen-bond acceptors (Lipinski definition) is 20. The van der Waals surface area contributed by atoms with Gasteiger partial charge in [0.2, 0.25) is 6.29 Å². The van der Waals surface area contributed by atoms with Crippen LogP contribution in [0.15, 0.2) is 11.6 Å². The zero-order valence-electron chi connectivity index (χ0n) is 40.2. The van der Waals surface area contributed by atoms with Crippen molar-refractivity contribution in [1.29, 1.82) is 0 Å². The smallest absolute Gasteiger partial charge is 0.315 e. The quantitative estimate of drug-likeness (QED) is 0.0885. The second-order valence-corrected chi connectivity index (χ2v) is 23.7. The van der Waals surface area contributed by atoms with E-state index in [4.69, 9.17) is 28.4 Å². The molecule has 3 aliphatic heterocycles. The average Bonchev–Trinajstić information content (AvgIpc) is 3.28. The van der Waals surface area contributed by atoms with Crippen molar-refractivity contribution in [3.8, 4) is 0 Å². The van der Waals surface area contributed by atoms with Gasteiger partial charge in [-0.15, -0.1) is 0 Å². The highest BCUT2D eigenvalue weighted by Crippen LogP contribution is 2.76. The predicted molar refractivity (Wildman–Crippen MR) is 233 cm³/mol. The summed E-state index contributed by atoms with van der Waals surface area (Å²) in [7, 11) is 0. The third kappa shape index (κ3) is 8.07. The maximum atomic E-state index is 15.0. The summed E-state index contributed by atoms with van der Waals surface area (Å²) in [6.45, 7) is 12.1. The van der Waals surface area contributed by atoms with Gasteiger partial charge in [0.05, 0.1) is 49.7 Å². The maximum Gasteiger partial charge on any atom is 0.315 e. The van der Waals surface area contributed by atoms with E-state index in [0.717, 1.165) is 5.57 Å². The molecule has 0 spiro atoms. The zero-order valence-corrected chi connectivity index (χ0v) is 40.2. The van der Waals surface area contributed by atoms with E-state index in [9.17, 15) is 71.2 Å². The lowest BCUT2D eigenvalue weighted by Crippen LogP contribution is -2.71. The van der Waals surface area contributed by atoms with Crippen molar-refractivity contribution < 1.29 is 99.6 Å². The van der Waals surface area contributed by atoms with Crippen LogP contribution in [0.5, 0.6) is 0 Å². The van der Waals surface area contributed by atoms with Crippen molar-refractivity contribution >= 4 is 5.97 Å². The number of carbonyl (C=O) groups is 1. The van der Waals surface area contributed by atoms with Gasteiger partial charge in [-0.2, -0.15) is 0 Å². The Labute approximate surface area is 396 Å². The number of rotatable bonds is 9. The number of fused-ring (bicyclic) bond motifs is 7. The second-order valence-electron chi connectivity index (χ2n) is 23.7. The fraction of sp³-hybridized carbons (Fsp3) is 0.938. The number of hydrogen-bond donors (Lipinski definition) is 13. The molecule has 3 saturated heterocycles. The lowest BCUT2D eigenvalue weighted by Gasteiger charge is -2.72. The molecule has 0 unspecified atom stereocenters. The zero-order chi connectivity index (χ0) is 50.0. The van der Waals surface area contributed by atoms with Gasteiger partial charge in [-0.05, 0) is 91.8 Å². The van der Waals surface area contributed by atoms with Crippen LogP contribution < -0.4 is 0 Å². The molecule has 0 radical (unpaired) electrons. The van der Waals surface area contributed by atoms with E-state index in [1.807, 2.05) is 0 Å². The van der Waals surface area contributed by atoms with Crippen molar-refractivity contribution in [2.45, 2.75) is 210 Å². The molecule has 20 nitrogen and oxygen atoms in total. The first kappa shape index (κ1) is 52.8. The highest BCUT2D eigenvalue weighted by molar-refractivity contribution is 5.79. The monoisotopic (exact) mass is 975 g/mol. The molecule has 3 heterocycles. The molecule has 8 aliphatic rings. The summed E-state index contributed by atoms with van der Waals surface area (Å²) in [4.78, 5) is 15.0. The van der Waals surface area contributed by atoms with Gasteiger partial charge in [0.1, 0.15) is 67.1 Å². The largest absolute Gasteiger partial charge is 0.432 e. The van der Waals surface area contributed by atoms with E-state index >= 15 is 0 Å². The van der Waals surface area contributed by atoms with Crippen molar-refractivity contribution in [3.05, 3.63) is 11.6 Å². The molecule has 5 aliphatic carbocycles. The lowest BCUT2D eigenvalue weighted by atomic mass is 9.33. The third-order valence-electron chi connectivity index (χ3n) is 19.3. The van der Waals surface area contributed by atoms with Crippen LogP contribution in [-0.4, -0.2) is 203 Å². The Morgan fingerprint density at radius 3 is 1.96 bits per heavy atom. The average molecular weight is 975 g/mol. The van der Waals surface area contributed by atoms with Gasteiger partial charge in [0.25, 0.3) is 0 Å². The van der Waals surface area contributed by atoms with Gasteiger partial charge < -0.3 is 94.8 Å². The van der Waals surface area contributed by atoms with Gasteiger partial charge in [-0.1, -0.05) is 53.2 Å². The normalized spacial score (nSPS) is 55.7. The maximum absolute atomic E-state index is 15.0. The van der Waals surface area contributed by atoms with E-state index < -0.39 is 169 Å². The molecule has 0 aromatic rings. The number of carbonyl (C=O) groups excluding carboxylic acids is 1. The minimum Gasteiger partial charge on any atom is -0.432 e. The van der Waals surface area contributed by atoms with Crippen LogP contribution in [0.3, 0.4) is 0 Å². The molecule has 7 fully saturated rings.